The Bertz CT molecular complexity index is 1190. The van der Waals surface area contributed by atoms with Gasteiger partial charge in [0.1, 0.15) is 17.3 Å². The number of nitrogens with two attached hydrogens (primary N) is 1. The standard InChI is InChI=1S/C23H23F2N3O4/c24-14-7-16-19(21(22(26)29)32-20(16)17(25)8-14)27-23(30)18-6-5-15(31-18)11-28-9-12-3-1-2-4-13(12)10-28/h5-8,12-13H,1-4,9-11H2,(H2,26,29)(H,27,30). The van der Waals surface area contributed by atoms with Crippen molar-refractivity contribution < 1.29 is 27.2 Å². The summed E-state index contributed by atoms with van der Waals surface area (Å²) < 4.78 is 38.6. The zero-order valence-corrected chi connectivity index (χ0v) is 17.3. The Morgan fingerprint density at radius 3 is 2.50 bits per heavy atom. The minimum Gasteiger partial charge on any atom is -0.455 e. The van der Waals surface area contributed by atoms with Crippen LogP contribution in [0.4, 0.5) is 14.5 Å². The van der Waals surface area contributed by atoms with Crippen molar-refractivity contribution in [2.45, 2.75) is 32.2 Å². The minimum atomic E-state index is -1.02. The van der Waals surface area contributed by atoms with Gasteiger partial charge >= 0.3 is 0 Å². The highest BCUT2D eigenvalue weighted by Crippen LogP contribution is 2.37. The summed E-state index contributed by atoms with van der Waals surface area (Å²) in [6.45, 7) is 2.68. The summed E-state index contributed by atoms with van der Waals surface area (Å²) in [6, 6.07) is 4.85. The fraction of sp³-hybridized carbons (Fsp3) is 0.391. The predicted octanol–water partition coefficient (Wildman–Crippen LogP) is 4.28. The van der Waals surface area contributed by atoms with E-state index in [0.29, 0.717) is 18.4 Å². The van der Waals surface area contributed by atoms with E-state index in [0.717, 1.165) is 31.0 Å². The van der Waals surface area contributed by atoms with E-state index in [-0.39, 0.29) is 22.4 Å². The SMILES string of the molecule is NC(=O)c1oc2c(F)cc(F)cc2c1NC(=O)c1ccc(CN2CC3CCCCC3C2)o1. The van der Waals surface area contributed by atoms with E-state index in [4.69, 9.17) is 14.6 Å². The number of fused-ring (bicyclic) bond motifs is 2. The zero-order chi connectivity index (χ0) is 22.4. The fourth-order valence-electron chi connectivity index (χ4n) is 5.04. The second kappa shape index (κ2) is 8.05. The number of furan rings is 2. The van der Waals surface area contributed by atoms with Gasteiger partial charge in [-0.25, -0.2) is 8.78 Å². The third-order valence-electron chi connectivity index (χ3n) is 6.49. The summed E-state index contributed by atoms with van der Waals surface area (Å²) in [5.41, 5.74) is 4.73. The number of carbonyl (C=O) groups is 2. The summed E-state index contributed by atoms with van der Waals surface area (Å²) in [7, 11) is 0. The highest BCUT2D eigenvalue weighted by Gasteiger charge is 2.34. The van der Waals surface area contributed by atoms with Crippen LogP contribution < -0.4 is 11.1 Å². The molecule has 2 aliphatic rings. The smallest absolute Gasteiger partial charge is 0.291 e. The number of anilines is 1. The van der Waals surface area contributed by atoms with Crippen LogP contribution in [0.5, 0.6) is 0 Å². The number of hydrogen-bond donors (Lipinski definition) is 2. The lowest BCUT2D eigenvalue weighted by atomic mass is 9.82. The first kappa shape index (κ1) is 20.7. The second-order valence-electron chi connectivity index (χ2n) is 8.65. The van der Waals surface area contributed by atoms with E-state index in [2.05, 4.69) is 10.2 Å². The van der Waals surface area contributed by atoms with Gasteiger partial charge < -0.3 is 19.9 Å². The number of benzene rings is 1. The van der Waals surface area contributed by atoms with Crippen LogP contribution in [-0.4, -0.2) is 29.8 Å². The zero-order valence-electron chi connectivity index (χ0n) is 17.3. The molecule has 2 unspecified atom stereocenters. The molecule has 3 heterocycles. The van der Waals surface area contributed by atoms with Crippen molar-refractivity contribution in [2.24, 2.45) is 17.6 Å². The Balaban J connectivity index is 1.34. The van der Waals surface area contributed by atoms with E-state index < -0.39 is 29.2 Å². The third kappa shape index (κ3) is 3.77. The normalized spacial score (nSPS) is 21.1. The van der Waals surface area contributed by atoms with E-state index >= 15 is 0 Å². The molecule has 1 aliphatic carbocycles. The quantitative estimate of drug-likeness (QED) is 0.613. The van der Waals surface area contributed by atoms with Gasteiger partial charge in [-0.3, -0.25) is 14.5 Å². The van der Waals surface area contributed by atoms with E-state index in [1.807, 2.05) is 0 Å². The molecule has 1 saturated heterocycles. The molecular formula is C23H23F2N3O4. The molecular weight excluding hydrogens is 420 g/mol. The van der Waals surface area contributed by atoms with Crippen LogP contribution in [0.1, 0.15) is 52.6 Å². The largest absolute Gasteiger partial charge is 0.455 e. The number of halogens is 2. The van der Waals surface area contributed by atoms with Gasteiger partial charge in [-0.05, 0) is 42.9 Å². The van der Waals surface area contributed by atoms with Crippen molar-refractivity contribution in [1.82, 2.24) is 4.90 Å². The molecule has 0 radical (unpaired) electrons. The summed E-state index contributed by atoms with van der Waals surface area (Å²) in [5.74, 6) is -1.91. The molecule has 7 nitrogen and oxygen atoms in total. The van der Waals surface area contributed by atoms with Crippen LogP contribution in [-0.2, 0) is 6.54 Å². The molecule has 5 rings (SSSR count). The number of hydrogen-bond acceptors (Lipinski definition) is 5. The van der Waals surface area contributed by atoms with Gasteiger partial charge in [0.2, 0.25) is 5.76 Å². The number of nitrogens with one attached hydrogen (secondary N) is 1. The number of carbonyl (C=O) groups excluding carboxylic acids is 2. The van der Waals surface area contributed by atoms with E-state index in [9.17, 15) is 18.4 Å². The third-order valence-corrected chi connectivity index (χ3v) is 6.49. The van der Waals surface area contributed by atoms with Crippen LogP contribution in [0.3, 0.4) is 0 Å². The highest BCUT2D eigenvalue weighted by molar-refractivity contribution is 6.13. The average Bonchev–Trinajstić information content (AvgIpc) is 3.45. The maximum absolute atomic E-state index is 14.0. The molecule has 3 N–H and O–H groups in total. The summed E-state index contributed by atoms with van der Waals surface area (Å²) in [4.78, 5) is 26.8. The number of nitrogens with zero attached hydrogens (tertiary/aromatic N) is 1. The Morgan fingerprint density at radius 2 is 1.81 bits per heavy atom. The van der Waals surface area contributed by atoms with Gasteiger partial charge in [0.15, 0.2) is 17.2 Å². The molecule has 2 amide bonds. The molecule has 1 saturated carbocycles. The lowest BCUT2D eigenvalue weighted by Gasteiger charge is -2.23. The van der Waals surface area contributed by atoms with Gasteiger partial charge in [0.25, 0.3) is 11.8 Å². The minimum absolute atomic E-state index is 0.0123. The fourth-order valence-corrected chi connectivity index (χ4v) is 5.04. The topological polar surface area (TPSA) is 102 Å². The Labute approximate surface area is 182 Å². The highest BCUT2D eigenvalue weighted by atomic mass is 19.1. The Hall–Kier alpha value is -3.20. The number of likely N-dealkylation sites (tertiary alicyclic amines) is 1. The van der Waals surface area contributed by atoms with Gasteiger partial charge in [0.05, 0.1) is 11.9 Å². The predicted molar refractivity (Wildman–Crippen MR) is 112 cm³/mol. The molecule has 9 heteroatoms. The first-order valence-electron chi connectivity index (χ1n) is 10.7. The Morgan fingerprint density at radius 1 is 1.09 bits per heavy atom. The first-order chi connectivity index (χ1) is 15.4. The molecule has 1 aliphatic heterocycles. The molecule has 168 valence electrons. The van der Waals surface area contributed by atoms with Gasteiger partial charge in [-0.15, -0.1) is 0 Å². The monoisotopic (exact) mass is 443 g/mol. The van der Waals surface area contributed by atoms with Crippen molar-refractivity contribution in [2.75, 3.05) is 18.4 Å². The number of primary amides is 1. The molecule has 2 aromatic heterocycles. The van der Waals surface area contributed by atoms with Crippen molar-refractivity contribution >= 4 is 28.5 Å². The van der Waals surface area contributed by atoms with Gasteiger partial charge in [-0.2, -0.15) is 0 Å². The lowest BCUT2D eigenvalue weighted by Crippen LogP contribution is -2.20. The van der Waals surface area contributed by atoms with Gasteiger partial charge in [0, 0.05) is 19.2 Å². The van der Waals surface area contributed by atoms with Crippen LogP contribution in [0.2, 0.25) is 0 Å². The Kier molecular flexibility index (Phi) is 5.21. The van der Waals surface area contributed by atoms with E-state index in [1.165, 1.54) is 31.7 Å². The van der Waals surface area contributed by atoms with Crippen LogP contribution >= 0.6 is 0 Å². The van der Waals surface area contributed by atoms with Crippen molar-refractivity contribution in [3.8, 4) is 0 Å². The summed E-state index contributed by atoms with van der Waals surface area (Å²) in [6.07, 6.45) is 5.14. The number of amides is 2. The van der Waals surface area contributed by atoms with Crippen LogP contribution in [0.25, 0.3) is 11.0 Å². The molecule has 0 spiro atoms. The van der Waals surface area contributed by atoms with Crippen molar-refractivity contribution in [3.63, 3.8) is 0 Å². The van der Waals surface area contributed by atoms with Crippen molar-refractivity contribution in [1.29, 1.82) is 0 Å². The van der Waals surface area contributed by atoms with Crippen molar-refractivity contribution in [3.05, 3.63) is 53.2 Å². The molecule has 0 bridgehead atoms. The lowest BCUT2D eigenvalue weighted by molar-refractivity contribution is 0.0976. The van der Waals surface area contributed by atoms with Gasteiger partial charge in [-0.1, -0.05) is 12.8 Å². The maximum atomic E-state index is 14.0. The molecule has 1 aromatic carbocycles. The summed E-state index contributed by atoms with van der Waals surface area (Å²) in [5, 5.41) is 2.36. The average molecular weight is 443 g/mol. The molecule has 2 fully saturated rings. The number of rotatable bonds is 5. The molecule has 2 atom stereocenters. The van der Waals surface area contributed by atoms with E-state index in [1.54, 1.807) is 6.07 Å². The summed E-state index contributed by atoms with van der Waals surface area (Å²) >= 11 is 0. The maximum Gasteiger partial charge on any atom is 0.291 e. The molecule has 3 aromatic rings. The van der Waals surface area contributed by atoms with Crippen LogP contribution in [0, 0.1) is 23.5 Å². The first-order valence-corrected chi connectivity index (χ1v) is 10.7. The molecule has 32 heavy (non-hydrogen) atoms. The second-order valence-corrected chi connectivity index (χ2v) is 8.65. The van der Waals surface area contributed by atoms with Crippen LogP contribution in [0.15, 0.2) is 33.1 Å².